The number of sulfonamides is 1. The van der Waals surface area contributed by atoms with Gasteiger partial charge in [-0.1, -0.05) is 6.04 Å². The molecule has 0 saturated carbocycles. The molecule has 0 unspecified atom stereocenters. The number of rotatable bonds is 2. The van der Waals surface area contributed by atoms with Crippen LogP contribution in [0.2, 0.25) is 6.04 Å². The van der Waals surface area contributed by atoms with E-state index in [-0.39, 0.29) is 5.75 Å². The van der Waals surface area contributed by atoms with E-state index in [0.717, 1.165) is 16.3 Å². The number of nitrogens with two attached hydrogens (primary N) is 1. The molecule has 7 heavy (non-hydrogen) atoms. The molecule has 2 N–H and O–H groups in total. The van der Waals surface area contributed by atoms with Crippen molar-refractivity contribution in [3.8, 4) is 0 Å². The predicted octanol–water partition coefficient (Wildman–Crippen LogP) is -1.94. The summed E-state index contributed by atoms with van der Waals surface area (Å²) in [6.45, 7) is 0. The first-order valence-electron chi connectivity index (χ1n) is 2.06. The molecule has 5 heteroatoms. The smallest absolute Gasteiger partial charge is 0.208 e. The van der Waals surface area contributed by atoms with Crippen molar-refractivity contribution >= 4 is 20.3 Å². The molecule has 0 fully saturated rings. The molecule has 0 heterocycles. The third kappa shape index (κ3) is 6.13. The second-order valence-electron chi connectivity index (χ2n) is 1.37. The lowest BCUT2D eigenvalue weighted by atomic mass is 11.0. The zero-order chi connectivity index (χ0) is 5.91. The number of hydrogen-bond donors (Lipinski definition) is 1. The fourth-order valence-electron chi connectivity index (χ4n) is 0.285. The van der Waals surface area contributed by atoms with Crippen molar-refractivity contribution in [2.75, 3.05) is 5.75 Å². The van der Waals surface area contributed by atoms with Gasteiger partial charge in [0.15, 0.2) is 0 Å². The molecule has 0 aliphatic carbocycles. The normalized spacial score (nSPS) is 12.1. The van der Waals surface area contributed by atoms with Crippen molar-refractivity contribution < 1.29 is 8.42 Å². The van der Waals surface area contributed by atoms with Gasteiger partial charge in [0.25, 0.3) is 0 Å². The topological polar surface area (TPSA) is 60.2 Å². The minimum absolute atomic E-state index is 0.152. The maximum Gasteiger partial charge on any atom is 0.208 e. The maximum absolute atomic E-state index is 10.0. The van der Waals surface area contributed by atoms with Gasteiger partial charge in [-0.25, -0.2) is 13.6 Å². The third-order valence-corrected chi connectivity index (χ3v) is 2.69. The first kappa shape index (κ1) is 7.13. The van der Waals surface area contributed by atoms with Gasteiger partial charge < -0.3 is 0 Å². The highest BCUT2D eigenvalue weighted by Gasteiger charge is 1.95. The summed E-state index contributed by atoms with van der Waals surface area (Å²) in [5.74, 6) is 0.152. The molecule has 0 atom stereocenters. The average molecular weight is 139 g/mol. The molecule has 0 saturated heterocycles. The zero-order valence-corrected chi connectivity index (χ0v) is 7.03. The van der Waals surface area contributed by atoms with Gasteiger partial charge in [-0.15, -0.1) is 0 Å². The van der Waals surface area contributed by atoms with Crippen molar-refractivity contribution in [3.63, 3.8) is 0 Å². The molecule has 3 nitrogen and oxygen atoms in total. The van der Waals surface area contributed by atoms with Crippen LogP contribution in [0.4, 0.5) is 0 Å². The summed E-state index contributed by atoms with van der Waals surface area (Å²) in [4.78, 5) is 0. The van der Waals surface area contributed by atoms with Crippen LogP contribution in [0.5, 0.6) is 0 Å². The first-order chi connectivity index (χ1) is 3.06. The van der Waals surface area contributed by atoms with Crippen molar-refractivity contribution in [2.45, 2.75) is 6.04 Å². The molecule has 0 rings (SSSR count). The van der Waals surface area contributed by atoms with Crippen LogP contribution in [0.15, 0.2) is 0 Å². The molecule has 0 aromatic carbocycles. The Morgan fingerprint density at radius 2 is 2.00 bits per heavy atom. The maximum atomic E-state index is 10.0. The Kier molecular flexibility index (Phi) is 2.48. The monoisotopic (exact) mass is 139 g/mol. The van der Waals surface area contributed by atoms with Crippen LogP contribution in [-0.4, -0.2) is 24.4 Å². The molecule has 0 aromatic heterocycles. The molecular weight excluding hydrogens is 130 g/mol. The Labute approximate surface area is 46.4 Å². The van der Waals surface area contributed by atoms with E-state index in [4.69, 9.17) is 0 Å². The average Bonchev–Trinajstić information content (AvgIpc) is 1.30. The van der Waals surface area contributed by atoms with E-state index in [1.807, 2.05) is 0 Å². The Morgan fingerprint density at radius 3 is 2.00 bits per heavy atom. The van der Waals surface area contributed by atoms with Gasteiger partial charge in [0.1, 0.15) is 0 Å². The van der Waals surface area contributed by atoms with Crippen LogP contribution in [0.1, 0.15) is 0 Å². The first-order valence-corrected chi connectivity index (χ1v) is 5.19. The summed E-state index contributed by atoms with van der Waals surface area (Å²) in [5, 5.41) is 4.64. The number of hydrogen-bond acceptors (Lipinski definition) is 2. The Morgan fingerprint density at radius 1 is 1.57 bits per heavy atom. The quantitative estimate of drug-likeness (QED) is 0.452. The molecule has 0 aliphatic rings. The SMILES string of the molecule is NS(=O)(=O)CC[SiH3]. The van der Waals surface area contributed by atoms with E-state index in [0.29, 0.717) is 0 Å². The van der Waals surface area contributed by atoms with Crippen LogP contribution < -0.4 is 5.14 Å². The fourth-order valence-corrected chi connectivity index (χ4v) is 2.56. The fraction of sp³-hybridized carbons (Fsp3) is 1.00. The Hall–Kier alpha value is 0.127. The summed E-state index contributed by atoms with van der Waals surface area (Å²) in [6, 6.07) is 0.735. The highest BCUT2D eigenvalue weighted by Crippen LogP contribution is 1.78. The minimum atomic E-state index is -3.14. The van der Waals surface area contributed by atoms with Crippen molar-refractivity contribution in [2.24, 2.45) is 5.14 Å². The second-order valence-corrected chi connectivity index (χ2v) is 4.10. The van der Waals surface area contributed by atoms with Gasteiger partial charge in [-0.05, 0) is 0 Å². The van der Waals surface area contributed by atoms with Crippen molar-refractivity contribution in [3.05, 3.63) is 0 Å². The summed E-state index contributed by atoms with van der Waals surface area (Å²) in [6.07, 6.45) is 0. The highest BCUT2D eigenvalue weighted by atomic mass is 32.2. The van der Waals surface area contributed by atoms with Gasteiger partial charge in [-0.2, -0.15) is 0 Å². The van der Waals surface area contributed by atoms with Crippen LogP contribution in [0.25, 0.3) is 0 Å². The summed E-state index contributed by atoms with van der Waals surface area (Å²) in [7, 11) is -2.23. The van der Waals surface area contributed by atoms with Crippen LogP contribution in [0.3, 0.4) is 0 Å². The summed E-state index contributed by atoms with van der Waals surface area (Å²) in [5.41, 5.74) is 0. The van der Waals surface area contributed by atoms with Gasteiger partial charge in [0.2, 0.25) is 10.0 Å². The lowest BCUT2D eigenvalue weighted by molar-refractivity contribution is 0.599. The Balaban J connectivity index is 3.60. The lowest BCUT2D eigenvalue weighted by Gasteiger charge is -1.87. The van der Waals surface area contributed by atoms with Gasteiger partial charge in [-0.3, -0.25) is 0 Å². The number of primary sulfonamides is 1. The van der Waals surface area contributed by atoms with Crippen LogP contribution in [-0.2, 0) is 10.0 Å². The van der Waals surface area contributed by atoms with Crippen LogP contribution >= 0.6 is 0 Å². The van der Waals surface area contributed by atoms with E-state index >= 15 is 0 Å². The van der Waals surface area contributed by atoms with E-state index in [2.05, 4.69) is 5.14 Å². The molecular formula is C2H9NO2SSi. The highest BCUT2D eigenvalue weighted by molar-refractivity contribution is 7.89. The second kappa shape index (κ2) is 2.44. The molecule has 0 aliphatic heterocycles. The third-order valence-electron chi connectivity index (χ3n) is 0.489. The zero-order valence-electron chi connectivity index (χ0n) is 4.22. The van der Waals surface area contributed by atoms with E-state index < -0.39 is 10.0 Å². The minimum Gasteiger partial charge on any atom is -0.229 e. The Bertz CT molecular complexity index is 129. The lowest BCUT2D eigenvalue weighted by Crippen LogP contribution is -2.15. The predicted molar refractivity (Wildman–Crippen MR) is 32.7 cm³/mol. The molecule has 0 aromatic rings. The van der Waals surface area contributed by atoms with Gasteiger partial charge in [0, 0.05) is 10.2 Å². The van der Waals surface area contributed by atoms with Crippen LogP contribution in [0, 0.1) is 0 Å². The standard InChI is InChI=1S/C2H9NO2SSi/c3-6(4,5)1-2-7/h1-2H2,7H3,(H2,3,4,5). The van der Waals surface area contributed by atoms with Crippen molar-refractivity contribution in [1.29, 1.82) is 0 Å². The summed E-state index contributed by atoms with van der Waals surface area (Å²) >= 11 is 0. The molecule has 0 spiro atoms. The van der Waals surface area contributed by atoms with E-state index in [9.17, 15) is 8.42 Å². The molecule has 0 amide bonds. The van der Waals surface area contributed by atoms with Gasteiger partial charge >= 0.3 is 0 Å². The molecule has 0 bridgehead atoms. The molecule has 44 valence electrons. The van der Waals surface area contributed by atoms with Crippen molar-refractivity contribution in [1.82, 2.24) is 0 Å². The largest absolute Gasteiger partial charge is 0.229 e. The van der Waals surface area contributed by atoms with E-state index in [1.54, 1.807) is 0 Å². The van der Waals surface area contributed by atoms with E-state index in [1.165, 1.54) is 0 Å². The molecule has 0 radical (unpaired) electrons. The van der Waals surface area contributed by atoms with Gasteiger partial charge in [0.05, 0.1) is 5.75 Å². The summed E-state index contributed by atoms with van der Waals surface area (Å²) < 4.78 is 20.1.